The van der Waals surface area contributed by atoms with Gasteiger partial charge < -0.3 is 10.3 Å². The van der Waals surface area contributed by atoms with Crippen molar-refractivity contribution in [3.8, 4) is 0 Å². The first kappa shape index (κ1) is 16.5. The minimum absolute atomic E-state index is 0.187. The smallest absolute Gasteiger partial charge is 0.261 e. The molecule has 0 radical (unpaired) electrons. The number of fused-ring (bicyclic) bond motifs is 1. The SMILES string of the molecule is CSc1ccc(NC(=O)c2ccc3c(=O)n(C)c(=S)[nH]c3c2)cc1. The van der Waals surface area contributed by atoms with Gasteiger partial charge in [0.25, 0.3) is 11.5 Å². The van der Waals surface area contributed by atoms with Gasteiger partial charge in [-0.25, -0.2) is 0 Å². The topological polar surface area (TPSA) is 66.9 Å². The molecule has 2 N–H and O–H groups in total. The van der Waals surface area contributed by atoms with Crippen LogP contribution in [0.5, 0.6) is 0 Å². The van der Waals surface area contributed by atoms with E-state index in [0.29, 0.717) is 21.2 Å². The third-order valence-electron chi connectivity index (χ3n) is 3.71. The van der Waals surface area contributed by atoms with Crippen LogP contribution in [-0.4, -0.2) is 21.7 Å². The van der Waals surface area contributed by atoms with Gasteiger partial charge in [-0.15, -0.1) is 11.8 Å². The average Bonchev–Trinajstić information content (AvgIpc) is 2.60. The van der Waals surface area contributed by atoms with E-state index in [0.717, 1.165) is 10.6 Å². The normalized spacial score (nSPS) is 10.8. The van der Waals surface area contributed by atoms with Crippen molar-refractivity contribution in [2.45, 2.75) is 4.90 Å². The first-order chi connectivity index (χ1) is 11.5. The first-order valence-electron chi connectivity index (χ1n) is 7.18. The van der Waals surface area contributed by atoms with Crippen LogP contribution in [0.3, 0.4) is 0 Å². The molecular weight excluding hydrogens is 342 g/mol. The first-order valence-corrected chi connectivity index (χ1v) is 8.81. The number of rotatable bonds is 3. The Morgan fingerprint density at radius 2 is 1.92 bits per heavy atom. The highest BCUT2D eigenvalue weighted by Gasteiger charge is 2.09. The van der Waals surface area contributed by atoms with Crippen molar-refractivity contribution < 1.29 is 4.79 Å². The molecule has 3 aromatic rings. The summed E-state index contributed by atoms with van der Waals surface area (Å²) >= 11 is 6.75. The number of benzene rings is 2. The quantitative estimate of drug-likeness (QED) is 0.555. The molecule has 0 atom stereocenters. The molecule has 0 aliphatic carbocycles. The van der Waals surface area contributed by atoms with Crippen molar-refractivity contribution in [1.29, 1.82) is 0 Å². The molecule has 5 nitrogen and oxygen atoms in total. The van der Waals surface area contributed by atoms with Crippen molar-refractivity contribution in [3.63, 3.8) is 0 Å². The highest BCUT2D eigenvalue weighted by Crippen LogP contribution is 2.18. The second kappa shape index (κ2) is 6.62. The molecule has 0 bridgehead atoms. The zero-order valence-corrected chi connectivity index (χ0v) is 14.8. The maximum Gasteiger partial charge on any atom is 0.261 e. The van der Waals surface area contributed by atoms with E-state index in [2.05, 4.69) is 10.3 Å². The minimum atomic E-state index is -0.242. The number of carbonyl (C=O) groups excluding carboxylic acids is 1. The van der Waals surface area contributed by atoms with Gasteiger partial charge in [0, 0.05) is 23.2 Å². The number of hydrogen-bond donors (Lipinski definition) is 2. The number of nitrogens with one attached hydrogen (secondary N) is 2. The fourth-order valence-corrected chi connectivity index (χ4v) is 2.93. The lowest BCUT2D eigenvalue weighted by Gasteiger charge is -2.08. The van der Waals surface area contributed by atoms with Crippen LogP contribution in [0.1, 0.15) is 10.4 Å². The van der Waals surface area contributed by atoms with Crippen molar-refractivity contribution in [3.05, 3.63) is 63.2 Å². The van der Waals surface area contributed by atoms with Crippen molar-refractivity contribution >= 4 is 46.5 Å². The zero-order valence-electron chi connectivity index (χ0n) is 13.1. The molecule has 1 heterocycles. The Balaban J connectivity index is 1.93. The average molecular weight is 357 g/mol. The van der Waals surface area contributed by atoms with Crippen LogP contribution in [0.2, 0.25) is 0 Å². The van der Waals surface area contributed by atoms with E-state index in [-0.39, 0.29) is 11.5 Å². The van der Waals surface area contributed by atoms with Gasteiger partial charge in [0.2, 0.25) is 0 Å². The highest BCUT2D eigenvalue weighted by molar-refractivity contribution is 7.98. The van der Waals surface area contributed by atoms with E-state index in [1.807, 2.05) is 30.5 Å². The van der Waals surface area contributed by atoms with Crippen molar-refractivity contribution in [2.75, 3.05) is 11.6 Å². The molecule has 24 heavy (non-hydrogen) atoms. The number of carbonyl (C=O) groups is 1. The van der Waals surface area contributed by atoms with Gasteiger partial charge in [0.05, 0.1) is 10.9 Å². The number of thioether (sulfide) groups is 1. The van der Waals surface area contributed by atoms with E-state index in [4.69, 9.17) is 12.2 Å². The van der Waals surface area contributed by atoms with E-state index >= 15 is 0 Å². The van der Waals surface area contributed by atoms with Gasteiger partial charge in [-0.05, 0) is 60.9 Å². The van der Waals surface area contributed by atoms with Gasteiger partial charge in [-0.2, -0.15) is 0 Å². The molecule has 0 aliphatic heterocycles. The Morgan fingerprint density at radius 1 is 1.21 bits per heavy atom. The summed E-state index contributed by atoms with van der Waals surface area (Å²) in [5, 5.41) is 3.34. The number of nitrogens with zero attached hydrogens (tertiary/aromatic N) is 1. The second-order valence-corrected chi connectivity index (χ2v) is 6.50. The van der Waals surface area contributed by atoms with E-state index in [1.54, 1.807) is 37.0 Å². The number of anilines is 1. The molecule has 0 fully saturated rings. The summed E-state index contributed by atoms with van der Waals surface area (Å²) in [4.78, 5) is 28.7. The van der Waals surface area contributed by atoms with E-state index in [1.165, 1.54) is 4.57 Å². The standard InChI is InChI=1S/C17H15N3O2S2/c1-20-16(22)13-8-3-10(9-14(13)19-17(20)23)15(21)18-11-4-6-12(24-2)7-5-11/h3-9H,1-2H3,(H,18,21)(H,19,23). The predicted octanol–water partition coefficient (Wildman–Crippen LogP) is 3.57. The number of H-pyrrole nitrogens is 1. The monoisotopic (exact) mass is 357 g/mol. The van der Waals surface area contributed by atoms with Crippen LogP contribution in [0.25, 0.3) is 10.9 Å². The fourth-order valence-electron chi connectivity index (χ4n) is 2.32. The molecule has 1 amide bonds. The van der Waals surface area contributed by atoms with Crippen LogP contribution in [-0.2, 0) is 7.05 Å². The van der Waals surface area contributed by atoms with Gasteiger partial charge in [0.1, 0.15) is 0 Å². The number of amides is 1. The van der Waals surface area contributed by atoms with Gasteiger partial charge in [-0.1, -0.05) is 0 Å². The Morgan fingerprint density at radius 3 is 2.58 bits per heavy atom. The lowest BCUT2D eigenvalue weighted by atomic mass is 10.1. The summed E-state index contributed by atoms with van der Waals surface area (Å²) in [6, 6.07) is 12.5. The third-order valence-corrected chi connectivity index (χ3v) is 4.83. The van der Waals surface area contributed by atoms with Crippen molar-refractivity contribution in [2.24, 2.45) is 7.05 Å². The van der Waals surface area contributed by atoms with Crippen LogP contribution >= 0.6 is 24.0 Å². The number of aromatic nitrogens is 2. The van der Waals surface area contributed by atoms with Gasteiger partial charge in [-0.3, -0.25) is 14.2 Å². The summed E-state index contributed by atoms with van der Waals surface area (Å²) in [7, 11) is 1.61. The van der Waals surface area contributed by atoms with Crippen LogP contribution < -0.4 is 10.9 Å². The Hall–Kier alpha value is -2.38. The maximum atomic E-state index is 12.4. The summed E-state index contributed by atoms with van der Waals surface area (Å²) in [6.07, 6.45) is 2.00. The lowest BCUT2D eigenvalue weighted by molar-refractivity contribution is 0.102. The van der Waals surface area contributed by atoms with E-state index < -0.39 is 0 Å². The molecule has 7 heteroatoms. The molecule has 122 valence electrons. The van der Waals surface area contributed by atoms with Crippen LogP contribution in [0.4, 0.5) is 5.69 Å². The molecule has 0 saturated heterocycles. The van der Waals surface area contributed by atoms with Gasteiger partial charge >= 0.3 is 0 Å². The Bertz CT molecular complexity index is 1040. The predicted molar refractivity (Wildman–Crippen MR) is 101 cm³/mol. The number of hydrogen-bond acceptors (Lipinski definition) is 4. The molecular formula is C17H15N3O2S2. The lowest BCUT2D eigenvalue weighted by Crippen LogP contribution is -2.19. The fraction of sp³-hybridized carbons (Fsp3) is 0.118. The second-order valence-electron chi connectivity index (χ2n) is 5.24. The molecule has 3 rings (SSSR count). The molecule has 2 aromatic carbocycles. The van der Waals surface area contributed by atoms with Crippen molar-refractivity contribution in [1.82, 2.24) is 9.55 Å². The van der Waals surface area contributed by atoms with E-state index in [9.17, 15) is 9.59 Å². The molecule has 0 saturated carbocycles. The number of aromatic amines is 1. The minimum Gasteiger partial charge on any atom is -0.332 e. The summed E-state index contributed by atoms with van der Waals surface area (Å²) in [5.74, 6) is -0.242. The van der Waals surface area contributed by atoms with Crippen LogP contribution in [0, 0.1) is 4.77 Å². The summed E-state index contributed by atoms with van der Waals surface area (Å²) in [6.45, 7) is 0. The zero-order chi connectivity index (χ0) is 17.3. The molecule has 1 aromatic heterocycles. The summed E-state index contributed by atoms with van der Waals surface area (Å²) in [5.41, 5.74) is 1.53. The molecule has 0 unspecified atom stereocenters. The Kier molecular flexibility index (Phi) is 4.55. The molecule has 0 aliphatic rings. The summed E-state index contributed by atoms with van der Waals surface area (Å²) < 4.78 is 1.68. The highest BCUT2D eigenvalue weighted by atomic mass is 32.2. The van der Waals surface area contributed by atoms with Crippen LogP contribution in [0.15, 0.2) is 52.2 Å². The Labute approximate surface area is 147 Å². The molecule has 0 spiro atoms. The maximum absolute atomic E-state index is 12.4. The third kappa shape index (κ3) is 3.13. The largest absolute Gasteiger partial charge is 0.332 e. The van der Waals surface area contributed by atoms with Gasteiger partial charge in [0.15, 0.2) is 4.77 Å².